The van der Waals surface area contributed by atoms with E-state index in [0.29, 0.717) is 26.2 Å². The fourth-order valence-corrected chi connectivity index (χ4v) is 5.44. The maximum absolute atomic E-state index is 12.7. The fourth-order valence-electron chi connectivity index (χ4n) is 5.44. The minimum absolute atomic E-state index is 0.0129. The smallest absolute Gasteiger partial charge is 0.227 e. The van der Waals surface area contributed by atoms with Gasteiger partial charge in [-0.1, -0.05) is 30.3 Å². The van der Waals surface area contributed by atoms with Gasteiger partial charge in [0.2, 0.25) is 11.8 Å². The Hall–Kier alpha value is -2.94. The summed E-state index contributed by atoms with van der Waals surface area (Å²) in [5, 5.41) is 16.0. The summed E-state index contributed by atoms with van der Waals surface area (Å²) in [5.74, 6) is 0.626. The first kappa shape index (κ1) is 24.7. The number of carbonyl (C=O) groups excluding carboxylic acids is 2. The summed E-state index contributed by atoms with van der Waals surface area (Å²) in [6.07, 6.45) is 1.91. The molecule has 192 valence electrons. The number of aliphatic hydroxyl groups is 1. The van der Waals surface area contributed by atoms with Crippen molar-refractivity contribution in [2.45, 2.75) is 56.3 Å². The Bertz CT molecular complexity index is 1060. The molecule has 0 spiro atoms. The molecule has 0 aromatic heterocycles. The van der Waals surface area contributed by atoms with Gasteiger partial charge >= 0.3 is 0 Å². The molecule has 0 aliphatic carbocycles. The zero-order valence-corrected chi connectivity index (χ0v) is 20.4. The SMILES string of the molecule is O=C(C[C@@H]1C[C@@H]2c3cc(NC(=O)C4CCOCC4)ccc3O[C@@H]2[C@@H](CO)O1)NCCc1ccccc1. The first-order chi connectivity index (χ1) is 17.6. The van der Waals surface area contributed by atoms with E-state index in [2.05, 4.69) is 10.6 Å². The van der Waals surface area contributed by atoms with Crippen molar-refractivity contribution in [2.24, 2.45) is 5.92 Å². The highest BCUT2D eigenvalue weighted by atomic mass is 16.6. The van der Waals surface area contributed by atoms with Crippen molar-refractivity contribution >= 4 is 17.5 Å². The predicted molar refractivity (Wildman–Crippen MR) is 134 cm³/mol. The summed E-state index contributed by atoms with van der Waals surface area (Å²) in [5.41, 5.74) is 2.90. The fraction of sp³-hybridized carbons (Fsp3) is 0.500. The first-order valence-corrected chi connectivity index (χ1v) is 12.9. The second-order valence-electron chi connectivity index (χ2n) is 9.82. The van der Waals surface area contributed by atoms with Crippen LogP contribution in [0, 0.1) is 5.92 Å². The van der Waals surface area contributed by atoms with Gasteiger partial charge in [-0.15, -0.1) is 0 Å². The average Bonchev–Trinajstić information content (AvgIpc) is 3.27. The molecule has 2 amide bonds. The number of anilines is 1. The summed E-state index contributed by atoms with van der Waals surface area (Å²) < 4.78 is 17.6. The molecule has 36 heavy (non-hydrogen) atoms. The van der Waals surface area contributed by atoms with Crippen molar-refractivity contribution in [3.8, 4) is 5.75 Å². The topological polar surface area (TPSA) is 106 Å². The molecule has 5 rings (SSSR count). The molecular weight excluding hydrogens is 460 g/mol. The number of carbonyl (C=O) groups is 2. The maximum atomic E-state index is 12.7. The van der Waals surface area contributed by atoms with Crippen LogP contribution in [0.1, 0.15) is 42.7 Å². The molecule has 8 nitrogen and oxygen atoms in total. The molecule has 2 saturated heterocycles. The highest BCUT2D eigenvalue weighted by Crippen LogP contribution is 2.47. The molecule has 4 atom stereocenters. The third kappa shape index (κ3) is 5.72. The number of nitrogens with one attached hydrogen (secondary N) is 2. The number of benzene rings is 2. The highest BCUT2D eigenvalue weighted by molar-refractivity contribution is 5.92. The Labute approximate surface area is 211 Å². The molecule has 8 heteroatoms. The van der Waals surface area contributed by atoms with Crippen LogP contribution in [-0.4, -0.2) is 61.6 Å². The molecule has 2 aromatic carbocycles. The van der Waals surface area contributed by atoms with Gasteiger partial charge in [-0.25, -0.2) is 0 Å². The summed E-state index contributed by atoms with van der Waals surface area (Å²) in [6, 6.07) is 15.7. The molecule has 0 unspecified atom stereocenters. The first-order valence-electron chi connectivity index (χ1n) is 12.9. The van der Waals surface area contributed by atoms with Gasteiger partial charge in [-0.05, 0) is 49.4 Å². The lowest BCUT2D eigenvalue weighted by atomic mass is 9.84. The normalized spacial score (nSPS) is 25.4. The lowest BCUT2D eigenvalue weighted by Gasteiger charge is -2.37. The van der Waals surface area contributed by atoms with E-state index in [9.17, 15) is 14.7 Å². The van der Waals surface area contributed by atoms with E-state index in [1.807, 2.05) is 48.5 Å². The van der Waals surface area contributed by atoms with Crippen LogP contribution in [0.3, 0.4) is 0 Å². The van der Waals surface area contributed by atoms with Crippen molar-refractivity contribution in [1.82, 2.24) is 5.32 Å². The molecule has 3 heterocycles. The van der Waals surface area contributed by atoms with Crippen LogP contribution in [0.25, 0.3) is 0 Å². The molecule has 3 aliphatic rings. The van der Waals surface area contributed by atoms with Crippen molar-refractivity contribution in [3.05, 3.63) is 59.7 Å². The van der Waals surface area contributed by atoms with Gasteiger partial charge in [0, 0.05) is 42.8 Å². The Morgan fingerprint density at radius 3 is 2.64 bits per heavy atom. The monoisotopic (exact) mass is 494 g/mol. The van der Waals surface area contributed by atoms with E-state index < -0.39 is 6.10 Å². The zero-order valence-electron chi connectivity index (χ0n) is 20.4. The van der Waals surface area contributed by atoms with Crippen LogP contribution < -0.4 is 15.4 Å². The number of rotatable bonds is 8. The Kier molecular flexibility index (Phi) is 7.84. The second-order valence-corrected chi connectivity index (χ2v) is 9.82. The second kappa shape index (κ2) is 11.4. The van der Waals surface area contributed by atoms with E-state index in [4.69, 9.17) is 14.2 Å². The van der Waals surface area contributed by atoms with Crippen LogP contribution in [0.2, 0.25) is 0 Å². The molecule has 0 saturated carbocycles. The lowest BCUT2D eigenvalue weighted by Crippen LogP contribution is -2.47. The summed E-state index contributed by atoms with van der Waals surface area (Å²) in [7, 11) is 0. The lowest BCUT2D eigenvalue weighted by molar-refractivity contribution is -0.142. The van der Waals surface area contributed by atoms with E-state index >= 15 is 0 Å². The average molecular weight is 495 g/mol. The third-order valence-corrected chi connectivity index (χ3v) is 7.35. The highest BCUT2D eigenvalue weighted by Gasteiger charge is 2.46. The summed E-state index contributed by atoms with van der Waals surface area (Å²) in [4.78, 5) is 25.3. The maximum Gasteiger partial charge on any atom is 0.227 e. The van der Waals surface area contributed by atoms with E-state index in [-0.39, 0.29) is 48.9 Å². The molecule has 0 bridgehead atoms. The van der Waals surface area contributed by atoms with Gasteiger partial charge < -0.3 is 30.0 Å². The van der Waals surface area contributed by atoms with Crippen LogP contribution >= 0.6 is 0 Å². The number of hydrogen-bond donors (Lipinski definition) is 3. The molecule has 2 fully saturated rings. The minimum atomic E-state index is -0.515. The van der Waals surface area contributed by atoms with Gasteiger partial charge in [0.15, 0.2) is 0 Å². The number of ether oxygens (including phenoxy) is 3. The van der Waals surface area contributed by atoms with Crippen molar-refractivity contribution in [1.29, 1.82) is 0 Å². The largest absolute Gasteiger partial charge is 0.487 e. The number of fused-ring (bicyclic) bond motifs is 3. The molecular formula is C28H34N2O6. The number of aliphatic hydroxyl groups excluding tert-OH is 1. The number of hydrogen-bond acceptors (Lipinski definition) is 6. The standard InChI is InChI=1S/C28H34N2O6/c31-17-25-27-23(15-21(35-25)16-26(32)29-11-8-18-4-2-1-3-5-18)22-14-20(6-7-24(22)36-27)30-28(33)19-9-12-34-13-10-19/h1-7,14,19,21,23,25,27,31H,8-13,15-17H2,(H,29,32)(H,30,33)/t21-,23+,25+,27-/m0/s1. The minimum Gasteiger partial charge on any atom is -0.487 e. The molecule has 2 aromatic rings. The Morgan fingerprint density at radius 2 is 1.86 bits per heavy atom. The Balaban J connectivity index is 1.20. The number of amides is 2. The third-order valence-electron chi connectivity index (χ3n) is 7.35. The summed E-state index contributed by atoms with van der Waals surface area (Å²) >= 11 is 0. The molecule has 3 N–H and O–H groups in total. The molecule has 0 radical (unpaired) electrons. The zero-order chi connectivity index (χ0) is 24.9. The Morgan fingerprint density at radius 1 is 1.06 bits per heavy atom. The van der Waals surface area contributed by atoms with Crippen molar-refractivity contribution in [2.75, 3.05) is 31.7 Å². The van der Waals surface area contributed by atoms with Gasteiger partial charge in [0.1, 0.15) is 18.0 Å². The molecule has 3 aliphatic heterocycles. The van der Waals surface area contributed by atoms with E-state index in [1.54, 1.807) is 0 Å². The predicted octanol–water partition coefficient (Wildman–Crippen LogP) is 2.80. The van der Waals surface area contributed by atoms with Crippen LogP contribution in [0.15, 0.2) is 48.5 Å². The van der Waals surface area contributed by atoms with Gasteiger partial charge in [-0.3, -0.25) is 9.59 Å². The van der Waals surface area contributed by atoms with Crippen molar-refractivity contribution < 1.29 is 28.9 Å². The van der Waals surface area contributed by atoms with Gasteiger partial charge in [0.25, 0.3) is 0 Å². The van der Waals surface area contributed by atoms with Gasteiger partial charge in [0.05, 0.1) is 19.1 Å². The van der Waals surface area contributed by atoms with Crippen LogP contribution in [-0.2, 0) is 25.5 Å². The van der Waals surface area contributed by atoms with Crippen LogP contribution in [0.5, 0.6) is 5.75 Å². The van der Waals surface area contributed by atoms with Crippen LogP contribution in [0.4, 0.5) is 5.69 Å². The summed E-state index contributed by atoms with van der Waals surface area (Å²) in [6.45, 7) is 1.61. The van der Waals surface area contributed by atoms with Crippen molar-refractivity contribution in [3.63, 3.8) is 0 Å². The van der Waals surface area contributed by atoms with E-state index in [1.165, 1.54) is 5.56 Å². The quantitative estimate of drug-likeness (QED) is 0.521. The van der Waals surface area contributed by atoms with E-state index in [0.717, 1.165) is 36.3 Å². The van der Waals surface area contributed by atoms with Gasteiger partial charge in [-0.2, -0.15) is 0 Å².